The fourth-order valence-electron chi connectivity index (χ4n) is 1.87. The zero-order valence-corrected chi connectivity index (χ0v) is 10.4. The van der Waals surface area contributed by atoms with Gasteiger partial charge in [-0.05, 0) is 17.5 Å². The summed E-state index contributed by atoms with van der Waals surface area (Å²) in [4.78, 5) is 0. The first kappa shape index (κ1) is 13.7. The molecule has 0 aliphatic rings. The predicted octanol–water partition coefficient (Wildman–Crippen LogP) is 2.81. The lowest BCUT2D eigenvalue weighted by Gasteiger charge is -2.17. The summed E-state index contributed by atoms with van der Waals surface area (Å²) in [5, 5.41) is 19.2. The molecule has 1 rings (SSSR count). The molecule has 0 spiro atoms. The van der Waals surface area contributed by atoms with Crippen LogP contribution in [0.3, 0.4) is 0 Å². The monoisotopic (exact) mass is 233 g/mol. The normalized spacial score (nSPS) is 14.0. The number of rotatable bonds is 6. The van der Waals surface area contributed by atoms with E-state index in [1.165, 1.54) is 0 Å². The van der Waals surface area contributed by atoms with Crippen LogP contribution in [0.25, 0.3) is 0 Å². The number of hydrogen-bond donors (Lipinski definition) is 1. The third-order valence-electron chi connectivity index (χ3n) is 2.75. The lowest BCUT2D eigenvalue weighted by atomic mass is 9.92. The van der Waals surface area contributed by atoms with Crippen molar-refractivity contribution >= 4 is 0 Å². The second kappa shape index (κ2) is 7.05. The molecule has 17 heavy (non-hydrogen) atoms. The zero-order chi connectivity index (χ0) is 12.7. The molecule has 2 unspecified atom stereocenters. The molecule has 3 nitrogen and oxygen atoms in total. The second-order valence-electron chi connectivity index (χ2n) is 4.15. The van der Waals surface area contributed by atoms with Gasteiger partial charge in [0.1, 0.15) is 0 Å². The molecule has 92 valence electrons. The van der Waals surface area contributed by atoms with Crippen molar-refractivity contribution in [1.82, 2.24) is 0 Å². The maximum absolute atomic E-state index is 10.1. The highest BCUT2D eigenvalue weighted by Gasteiger charge is 2.19. The first-order chi connectivity index (χ1) is 8.22. The zero-order valence-electron chi connectivity index (χ0n) is 10.4. The Balaban J connectivity index is 2.83. The van der Waals surface area contributed by atoms with Crippen LogP contribution in [0.15, 0.2) is 24.3 Å². The van der Waals surface area contributed by atoms with Crippen LogP contribution < -0.4 is 0 Å². The average molecular weight is 233 g/mol. The fraction of sp³-hybridized carbons (Fsp3) is 0.500. The lowest BCUT2D eigenvalue weighted by molar-refractivity contribution is 0.129. The SMILES string of the molecule is CCCC(C#N)C(O)c1cccc(COC)c1. The Labute approximate surface area is 103 Å². The third kappa shape index (κ3) is 3.85. The highest BCUT2D eigenvalue weighted by molar-refractivity contribution is 5.26. The molecule has 0 fully saturated rings. The van der Waals surface area contributed by atoms with E-state index in [0.29, 0.717) is 13.0 Å². The van der Waals surface area contributed by atoms with Gasteiger partial charge < -0.3 is 9.84 Å². The second-order valence-corrected chi connectivity index (χ2v) is 4.15. The van der Waals surface area contributed by atoms with Gasteiger partial charge in [0.25, 0.3) is 0 Å². The van der Waals surface area contributed by atoms with Gasteiger partial charge >= 0.3 is 0 Å². The summed E-state index contributed by atoms with van der Waals surface area (Å²) >= 11 is 0. The molecule has 1 N–H and O–H groups in total. The molecule has 0 saturated heterocycles. The van der Waals surface area contributed by atoms with Crippen molar-refractivity contribution in [3.63, 3.8) is 0 Å². The van der Waals surface area contributed by atoms with Gasteiger partial charge in [0.05, 0.1) is 24.7 Å². The number of hydrogen-bond acceptors (Lipinski definition) is 3. The molecule has 0 aliphatic heterocycles. The van der Waals surface area contributed by atoms with E-state index in [4.69, 9.17) is 10.00 Å². The van der Waals surface area contributed by atoms with E-state index in [1.807, 2.05) is 31.2 Å². The summed E-state index contributed by atoms with van der Waals surface area (Å²) in [6, 6.07) is 9.75. The Hall–Kier alpha value is -1.37. The van der Waals surface area contributed by atoms with E-state index in [-0.39, 0.29) is 5.92 Å². The largest absolute Gasteiger partial charge is 0.387 e. The molecule has 0 amide bonds. The number of aliphatic hydroxyl groups excluding tert-OH is 1. The van der Waals surface area contributed by atoms with E-state index in [1.54, 1.807) is 7.11 Å². The van der Waals surface area contributed by atoms with Crippen molar-refractivity contribution in [2.24, 2.45) is 5.92 Å². The molecule has 0 radical (unpaired) electrons. The van der Waals surface area contributed by atoms with Crippen LogP contribution in [0.4, 0.5) is 0 Å². The maximum Gasteiger partial charge on any atom is 0.0948 e. The number of nitrogens with zero attached hydrogens (tertiary/aromatic N) is 1. The first-order valence-corrected chi connectivity index (χ1v) is 5.88. The van der Waals surface area contributed by atoms with Crippen LogP contribution in [0.1, 0.15) is 37.0 Å². The molecule has 0 heterocycles. The summed E-state index contributed by atoms with van der Waals surface area (Å²) in [5.74, 6) is -0.335. The Kier molecular flexibility index (Phi) is 5.68. The number of benzene rings is 1. The Bertz CT molecular complexity index is 384. The van der Waals surface area contributed by atoms with Gasteiger partial charge in [-0.2, -0.15) is 5.26 Å². The molecule has 0 aromatic heterocycles. The Morgan fingerprint density at radius 1 is 1.47 bits per heavy atom. The van der Waals surface area contributed by atoms with Crippen LogP contribution in [-0.2, 0) is 11.3 Å². The number of nitriles is 1. The molecule has 1 aromatic rings. The van der Waals surface area contributed by atoms with Crippen molar-refractivity contribution in [3.05, 3.63) is 35.4 Å². The van der Waals surface area contributed by atoms with E-state index >= 15 is 0 Å². The van der Waals surface area contributed by atoms with E-state index in [9.17, 15) is 5.11 Å². The van der Waals surface area contributed by atoms with E-state index < -0.39 is 6.10 Å². The summed E-state index contributed by atoms with van der Waals surface area (Å²) in [6.07, 6.45) is 0.899. The van der Waals surface area contributed by atoms with Crippen molar-refractivity contribution < 1.29 is 9.84 Å². The molecule has 0 aliphatic carbocycles. The summed E-state index contributed by atoms with van der Waals surface area (Å²) in [6.45, 7) is 2.53. The standard InChI is InChI=1S/C14H19NO2/c1-3-5-13(9-15)14(16)12-7-4-6-11(8-12)10-17-2/h4,6-8,13-14,16H,3,5,10H2,1-2H3. The summed E-state index contributed by atoms with van der Waals surface area (Å²) < 4.78 is 5.05. The van der Waals surface area contributed by atoms with Gasteiger partial charge in [0.15, 0.2) is 0 Å². The highest BCUT2D eigenvalue weighted by Crippen LogP contribution is 2.25. The van der Waals surface area contributed by atoms with Gasteiger partial charge in [-0.1, -0.05) is 37.6 Å². The minimum atomic E-state index is -0.711. The predicted molar refractivity (Wildman–Crippen MR) is 66.1 cm³/mol. The van der Waals surface area contributed by atoms with Gasteiger partial charge in [0, 0.05) is 7.11 Å². The van der Waals surface area contributed by atoms with Crippen LogP contribution in [0.2, 0.25) is 0 Å². The topological polar surface area (TPSA) is 53.2 Å². The van der Waals surface area contributed by atoms with Crippen molar-refractivity contribution in [2.45, 2.75) is 32.5 Å². The molecule has 1 aromatic carbocycles. The summed E-state index contributed by atoms with van der Waals surface area (Å²) in [5.41, 5.74) is 1.80. The molecule has 0 bridgehead atoms. The van der Waals surface area contributed by atoms with E-state index in [0.717, 1.165) is 17.5 Å². The molecule has 2 atom stereocenters. The quantitative estimate of drug-likeness (QED) is 0.822. The van der Waals surface area contributed by atoms with Gasteiger partial charge in [-0.3, -0.25) is 0 Å². The Morgan fingerprint density at radius 2 is 2.24 bits per heavy atom. The smallest absolute Gasteiger partial charge is 0.0948 e. The molecule has 0 saturated carbocycles. The number of methoxy groups -OCH3 is 1. The summed E-state index contributed by atoms with van der Waals surface area (Å²) in [7, 11) is 1.64. The van der Waals surface area contributed by atoms with Gasteiger partial charge in [0.2, 0.25) is 0 Å². The third-order valence-corrected chi connectivity index (χ3v) is 2.75. The van der Waals surface area contributed by atoms with Crippen molar-refractivity contribution in [3.8, 4) is 6.07 Å². The van der Waals surface area contributed by atoms with Crippen molar-refractivity contribution in [2.75, 3.05) is 7.11 Å². The molecular formula is C14H19NO2. The fourth-order valence-corrected chi connectivity index (χ4v) is 1.87. The van der Waals surface area contributed by atoms with Crippen LogP contribution >= 0.6 is 0 Å². The number of ether oxygens (including phenoxy) is 1. The van der Waals surface area contributed by atoms with Gasteiger partial charge in [-0.25, -0.2) is 0 Å². The number of aliphatic hydroxyl groups is 1. The van der Waals surface area contributed by atoms with E-state index in [2.05, 4.69) is 6.07 Å². The highest BCUT2D eigenvalue weighted by atomic mass is 16.5. The Morgan fingerprint density at radius 3 is 2.82 bits per heavy atom. The molecule has 3 heteroatoms. The lowest BCUT2D eigenvalue weighted by Crippen LogP contribution is -2.11. The van der Waals surface area contributed by atoms with Crippen LogP contribution in [0, 0.1) is 17.2 Å². The van der Waals surface area contributed by atoms with Crippen LogP contribution in [-0.4, -0.2) is 12.2 Å². The minimum absolute atomic E-state index is 0.335. The molecular weight excluding hydrogens is 214 g/mol. The van der Waals surface area contributed by atoms with Crippen LogP contribution in [0.5, 0.6) is 0 Å². The van der Waals surface area contributed by atoms with Crippen molar-refractivity contribution in [1.29, 1.82) is 5.26 Å². The maximum atomic E-state index is 10.1. The van der Waals surface area contributed by atoms with Gasteiger partial charge in [-0.15, -0.1) is 0 Å². The average Bonchev–Trinajstić information content (AvgIpc) is 2.36. The minimum Gasteiger partial charge on any atom is -0.387 e. The first-order valence-electron chi connectivity index (χ1n) is 5.88.